The summed E-state index contributed by atoms with van der Waals surface area (Å²) in [5, 5.41) is -2.05. The minimum Gasteiger partial charge on any atom is -0.261 e. The summed E-state index contributed by atoms with van der Waals surface area (Å²) in [5.74, 6) is -17.8. The summed E-state index contributed by atoms with van der Waals surface area (Å²) in [5.41, 5.74) is -14.9. The average Bonchev–Trinajstić information content (AvgIpc) is 3.89. The van der Waals surface area contributed by atoms with Gasteiger partial charge in [0.05, 0.1) is 8.22 Å². The first-order chi connectivity index (χ1) is 33.9. The van der Waals surface area contributed by atoms with E-state index in [0.717, 1.165) is 0 Å². The van der Waals surface area contributed by atoms with Crippen LogP contribution < -0.4 is 0 Å². The normalized spacial score (nSPS) is 70.2. The lowest BCUT2D eigenvalue weighted by Gasteiger charge is -2.31. The SMILES string of the molecule is [2H]c1c([2H])c([2H])c2c(sc3c([2H])c([2H])c(C4=C5N=C6C([2H])([2H])C([2H])([2H])C([2H])([2H])C([2H])([2H])C6([2H])C5([2H])C([2H])([2H])C([2H])([2H])C4([2H])[2H])c(C4=C5N=C6C([2H])([2H])C([2H])([2H])C([2H])([2H])C([2H])([2H])C6([2H])C5([2H])C([2H])([2H])C([2H])([2H])C4([2H])[2H])c32)c1[2H]. The van der Waals surface area contributed by atoms with Gasteiger partial charge in [0.2, 0.25) is 0 Å². The Labute approximate surface area is 289 Å². The van der Waals surface area contributed by atoms with Crippen LogP contribution in [0.1, 0.15) is 152 Å². The maximum absolute atomic E-state index is 10.1. The number of fused-ring (bicyclic) bond motifs is 9. The highest BCUT2D eigenvalue weighted by Gasteiger charge is 2.42. The first-order valence-electron chi connectivity index (χ1n) is 30.6. The molecule has 4 aliphatic carbocycles. The summed E-state index contributed by atoms with van der Waals surface area (Å²) in [6.45, 7) is 0. The molecule has 0 spiro atoms. The van der Waals surface area contributed by atoms with Gasteiger partial charge in [-0.15, -0.1) is 11.3 Å². The van der Waals surface area contributed by atoms with Crippen LogP contribution in [0.25, 0.3) is 31.3 Å². The fourth-order valence-corrected chi connectivity index (χ4v) is 5.97. The van der Waals surface area contributed by atoms with Crippen LogP contribution in [0, 0.1) is 23.6 Å². The zero-order valence-electron chi connectivity index (χ0n) is 57.3. The van der Waals surface area contributed by atoms with Crippen molar-refractivity contribution in [2.24, 2.45) is 33.6 Å². The minimum absolute atomic E-state index is 0.184. The Morgan fingerprint density at radius 3 is 2.05 bits per heavy atom. The van der Waals surface area contributed by atoms with Crippen molar-refractivity contribution >= 4 is 54.1 Å². The van der Waals surface area contributed by atoms with E-state index in [0.29, 0.717) is 0 Å². The molecule has 3 aromatic rings. The molecule has 9 rings (SSSR count). The van der Waals surface area contributed by atoms with Crippen molar-refractivity contribution in [2.45, 2.75) is 89.2 Å². The molecule has 0 N–H and O–H groups in total. The smallest absolute Gasteiger partial charge is 0.0638 e. The number of hydrogen-bond donors (Lipinski definition) is 0. The van der Waals surface area contributed by atoms with Crippen molar-refractivity contribution < 1.29 is 52.1 Å². The summed E-state index contributed by atoms with van der Waals surface area (Å²) in [6, 6.07) is -7.28. The first-order valence-corrected chi connectivity index (χ1v) is 12.4. The van der Waals surface area contributed by atoms with Gasteiger partial charge in [0.15, 0.2) is 0 Å². The van der Waals surface area contributed by atoms with E-state index >= 15 is 0 Å². The van der Waals surface area contributed by atoms with E-state index in [9.17, 15) is 24.7 Å². The lowest BCUT2D eigenvalue weighted by Crippen LogP contribution is -2.24. The average molecular weight is 569 g/mol. The van der Waals surface area contributed by atoms with Gasteiger partial charge >= 0.3 is 0 Å². The highest BCUT2D eigenvalue weighted by molar-refractivity contribution is 7.25. The van der Waals surface area contributed by atoms with Gasteiger partial charge in [-0.05, 0) is 111 Å². The molecule has 2 aliphatic heterocycles. The molecule has 2 saturated carbocycles. The Hall–Kier alpha value is -2.52. The van der Waals surface area contributed by atoms with Gasteiger partial charge < -0.3 is 0 Å². The first kappa shape index (κ1) is 6.75. The molecule has 2 fully saturated rings. The minimum atomic E-state index is -4.59. The molecular weight excluding hydrogens is 492 g/mol. The number of nitrogens with zero attached hydrogens (tertiary/aromatic N) is 2. The monoisotopic (exact) mass is 569 g/mol. The van der Waals surface area contributed by atoms with Crippen molar-refractivity contribution in [1.29, 1.82) is 0 Å². The number of aliphatic imine (C=N–C) groups is 2. The topological polar surface area (TPSA) is 24.7 Å². The maximum Gasteiger partial charge on any atom is 0.0638 e. The predicted octanol–water partition coefficient (Wildman–Crippen LogP) is 10.4. The summed E-state index contributed by atoms with van der Waals surface area (Å²) in [6.07, 6.45) is -61.6. The van der Waals surface area contributed by atoms with Crippen LogP contribution in [0.3, 0.4) is 0 Å². The molecule has 198 valence electrons. The molecule has 0 bridgehead atoms. The van der Waals surface area contributed by atoms with Crippen molar-refractivity contribution in [1.82, 2.24) is 0 Å². The van der Waals surface area contributed by atoms with Crippen molar-refractivity contribution in [3.05, 3.63) is 58.8 Å². The second-order valence-corrected chi connectivity index (χ2v) is 9.65. The van der Waals surface area contributed by atoms with Crippen LogP contribution >= 0.6 is 11.3 Å². The van der Waals surface area contributed by atoms with E-state index in [2.05, 4.69) is 9.98 Å². The molecule has 4 atom stereocenters. The zero-order valence-corrected chi connectivity index (χ0v) is 20.1. The van der Waals surface area contributed by atoms with E-state index in [1.165, 1.54) is 0 Å². The zero-order chi connectivity index (χ0) is 59.5. The fraction of sp³-hybridized carbons (Fsp3) is 0.500. The van der Waals surface area contributed by atoms with Gasteiger partial charge in [0, 0.05) is 110 Å². The fourth-order valence-electron chi connectivity index (χ4n) is 5.00. The highest BCUT2D eigenvalue weighted by Crippen LogP contribution is 2.54. The van der Waals surface area contributed by atoms with Crippen LogP contribution in [-0.4, -0.2) is 11.4 Å². The molecule has 4 unspecified atom stereocenters. The van der Waals surface area contributed by atoms with Crippen molar-refractivity contribution in [3.63, 3.8) is 0 Å². The number of benzene rings is 2. The third-order valence-electron chi connectivity index (χ3n) is 6.62. The van der Waals surface area contributed by atoms with Crippen LogP contribution in [0.2, 0.25) is 0 Å². The lowest BCUT2D eigenvalue weighted by molar-refractivity contribution is 0.391. The van der Waals surface area contributed by atoms with Crippen molar-refractivity contribution in [3.8, 4) is 0 Å². The second-order valence-electron chi connectivity index (χ2n) is 8.63. The highest BCUT2D eigenvalue weighted by atomic mass is 32.1. The third-order valence-corrected chi connectivity index (χ3v) is 7.64. The number of allylic oxidation sites excluding steroid dienone is 4. The maximum atomic E-state index is 10.1. The molecule has 0 radical (unpaired) electrons. The Kier molecular flexibility index (Phi) is 1.56. The molecule has 2 aromatic carbocycles. The molecule has 0 amide bonds. The molecule has 39 heavy (non-hydrogen) atoms. The van der Waals surface area contributed by atoms with Gasteiger partial charge in [0.25, 0.3) is 0 Å². The van der Waals surface area contributed by atoms with E-state index < -0.39 is 214 Å². The Bertz CT molecular complexity index is 3430. The van der Waals surface area contributed by atoms with Gasteiger partial charge in [-0.25, -0.2) is 0 Å². The largest absolute Gasteiger partial charge is 0.261 e. The summed E-state index contributed by atoms with van der Waals surface area (Å²) in [7, 11) is 0. The molecule has 6 aliphatic rings. The standard InChI is InChI=1S/C36H38N2S/c1-4-16-29-21(9-1)24-12-7-14-26(35(24)37-29)23-19-20-32-34(27-11-3-6-18-31(27)39-32)33(23)28-15-8-13-25-22-10-2-5-17-30(22)38-36(25)28/h3,6,11,18-22,24-25H,1-2,4-5,7-10,12-17H2/i1D2,2D2,3D,4D2,5D2,6D,7D2,8D2,9D2,10D2,11D,12D2,13D2,14D2,15D2,16D2,17D2,18D,19D,20D,21D,22D,24D,25D. The van der Waals surface area contributed by atoms with E-state index in [4.69, 9.17) is 27.4 Å². The van der Waals surface area contributed by atoms with Gasteiger partial charge in [-0.2, -0.15) is 0 Å². The Balaban J connectivity index is 1.68. The lowest BCUT2D eigenvalue weighted by atomic mass is 9.71. The van der Waals surface area contributed by atoms with Crippen LogP contribution in [0.15, 0.2) is 57.6 Å². The Morgan fingerprint density at radius 2 is 1.31 bits per heavy atom. The number of hydrogen-bond acceptors (Lipinski definition) is 3. The molecule has 3 heteroatoms. The molecule has 1 aromatic heterocycles. The summed E-state index contributed by atoms with van der Waals surface area (Å²) < 4.78 is 346. The van der Waals surface area contributed by atoms with E-state index in [1.807, 2.05) is 0 Å². The molecular formula is C36H38N2S. The molecule has 3 heterocycles. The quantitative estimate of drug-likeness (QED) is 0.294. The second kappa shape index (κ2) is 8.99. The number of thiophene rings is 1. The van der Waals surface area contributed by atoms with Gasteiger partial charge in [-0.3, -0.25) is 9.98 Å². The molecule has 2 nitrogen and oxygen atoms in total. The Morgan fingerprint density at radius 1 is 0.667 bits per heavy atom. The summed E-state index contributed by atoms with van der Waals surface area (Å²) in [4.78, 5) is 7.69. The van der Waals surface area contributed by atoms with Crippen LogP contribution in [0.4, 0.5) is 0 Å². The van der Waals surface area contributed by atoms with E-state index in [1.54, 1.807) is 0 Å². The third kappa shape index (κ3) is 3.44. The predicted molar refractivity (Wildman–Crippen MR) is 167 cm³/mol. The van der Waals surface area contributed by atoms with Crippen LogP contribution in [0.5, 0.6) is 0 Å². The molecule has 0 saturated heterocycles. The van der Waals surface area contributed by atoms with Crippen molar-refractivity contribution in [2.75, 3.05) is 0 Å². The van der Waals surface area contributed by atoms with E-state index in [-0.39, 0.29) is 11.3 Å². The van der Waals surface area contributed by atoms with Gasteiger partial charge in [0.1, 0.15) is 0 Å². The van der Waals surface area contributed by atoms with Crippen LogP contribution in [-0.2, 0) is 0 Å². The summed E-state index contributed by atoms with van der Waals surface area (Å²) >= 11 is 0.184. The van der Waals surface area contributed by atoms with Gasteiger partial charge in [-0.1, -0.05) is 36.9 Å². The number of rotatable bonds is 2.